The average molecular weight is 391 g/mol. The van der Waals surface area contributed by atoms with Crippen LogP contribution in [0.1, 0.15) is 17.0 Å². The summed E-state index contributed by atoms with van der Waals surface area (Å²) in [5, 5.41) is 0. The molecule has 2 aromatic carbocycles. The van der Waals surface area contributed by atoms with E-state index in [0.29, 0.717) is 16.2 Å². The highest BCUT2D eigenvalue weighted by Crippen LogP contribution is 2.31. The molecule has 1 heterocycles. The molecule has 26 heavy (non-hydrogen) atoms. The van der Waals surface area contributed by atoms with Crippen molar-refractivity contribution < 1.29 is 26.3 Å². The summed E-state index contributed by atoms with van der Waals surface area (Å²) in [6.07, 6.45) is -8.82. The summed E-state index contributed by atoms with van der Waals surface area (Å²) in [6.45, 7) is 0.196. The van der Waals surface area contributed by atoms with Gasteiger partial charge < -0.3 is 4.98 Å². The van der Waals surface area contributed by atoms with Crippen LogP contribution in [-0.2, 0) is 18.9 Å². The van der Waals surface area contributed by atoms with Crippen molar-refractivity contribution in [3.63, 3.8) is 0 Å². The second kappa shape index (κ2) is 6.84. The van der Waals surface area contributed by atoms with E-state index in [2.05, 4.69) is 14.7 Å². The van der Waals surface area contributed by atoms with Crippen LogP contribution in [0.3, 0.4) is 0 Å². The Kier molecular flexibility index (Phi) is 4.89. The molecule has 0 aliphatic heterocycles. The van der Waals surface area contributed by atoms with Crippen molar-refractivity contribution >= 4 is 23.0 Å². The van der Waals surface area contributed by atoms with Gasteiger partial charge in [0.15, 0.2) is 0 Å². The first-order chi connectivity index (χ1) is 12.1. The molecular weight excluding hydrogens is 380 g/mol. The molecule has 2 N–H and O–H groups in total. The SMILES string of the molecule is FC(F)(F)c1ccc(SNCc2nc3ccc(C(F)(F)F)cc3[nH]2)cc1. The number of aromatic nitrogens is 2. The maximum atomic E-state index is 12.7. The van der Waals surface area contributed by atoms with Crippen molar-refractivity contribution in [1.82, 2.24) is 14.7 Å². The zero-order chi connectivity index (χ0) is 18.9. The fourth-order valence-corrected chi connectivity index (χ4v) is 2.87. The maximum Gasteiger partial charge on any atom is 0.416 e. The molecule has 0 radical (unpaired) electrons. The van der Waals surface area contributed by atoms with Gasteiger partial charge >= 0.3 is 12.4 Å². The van der Waals surface area contributed by atoms with E-state index < -0.39 is 23.5 Å². The zero-order valence-electron chi connectivity index (χ0n) is 12.9. The van der Waals surface area contributed by atoms with Gasteiger partial charge in [0, 0.05) is 4.90 Å². The maximum absolute atomic E-state index is 12.7. The number of hydrogen-bond donors (Lipinski definition) is 2. The summed E-state index contributed by atoms with van der Waals surface area (Å²) < 4.78 is 78.5. The molecule has 0 fully saturated rings. The lowest BCUT2D eigenvalue weighted by atomic mass is 10.2. The number of rotatable bonds is 4. The van der Waals surface area contributed by atoms with Crippen molar-refractivity contribution in [2.24, 2.45) is 0 Å². The Morgan fingerprint density at radius 3 is 2.12 bits per heavy atom. The Hall–Kier alpha value is -2.20. The topological polar surface area (TPSA) is 40.7 Å². The van der Waals surface area contributed by atoms with Gasteiger partial charge in [-0.3, -0.25) is 4.72 Å². The Balaban J connectivity index is 1.63. The van der Waals surface area contributed by atoms with Crippen LogP contribution in [0.2, 0.25) is 0 Å². The third-order valence-electron chi connectivity index (χ3n) is 3.47. The molecule has 0 unspecified atom stereocenters. The van der Waals surface area contributed by atoms with Gasteiger partial charge in [-0.05, 0) is 54.4 Å². The molecular formula is C16H11F6N3S. The summed E-state index contributed by atoms with van der Waals surface area (Å²) in [6, 6.07) is 7.82. The number of nitrogens with zero attached hydrogens (tertiary/aromatic N) is 1. The van der Waals surface area contributed by atoms with Crippen molar-refractivity contribution in [3.8, 4) is 0 Å². The van der Waals surface area contributed by atoms with E-state index >= 15 is 0 Å². The highest BCUT2D eigenvalue weighted by Gasteiger charge is 2.31. The van der Waals surface area contributed by atoms with Crippen LogP contribution in [-0.4, -0.2) is 9.97 Å². The predicted octanol–water partition coefficient (Wildman–Crippen LogP) is 5.40. The van der Waals surface area contributed by atoms with E-state index in [1.165, 1.54) is 18.2 Å². The molecule has 0 spiro atoms. The van der Waals surface area contributed by atoms with E-state index in [9.17, 15) is 26.3 Å². The van der Waals surface area contributed by atoms with E-state index in [4.69, 9.17) is 0 Å². The smallest absolute Gasteiger partial charge is 0.341 e. The largest absolute Gasteiger partial charge is 0.416 e. The summed E-state index contributed by atoms with van der Waals surface area (Å²) >= 11 is 1.09. The third-order valence-corrected chi connectivity index (χ3v) is 4.27. The van der Waals surface area contributed by atoms with E-state index in [0.717, 1.165) is 36.2 Å². The van der Waals surface area contributed by atoms with Gasteiger partial charge in [-0.1, -0.05) is 0 Å². The minimum Gasteiger partial charge on any atom is -0.341 e. The van der Waals surface area contributed by atoms with E-state index in [-0.39, 0.29) is 12.1 Å². The Morgan fingerprint density at radius 2 is 1.50 bits per heavy atom. The van der Waals surface area contributed by atoms with E-state index in [1.54, 1.807) is 0 Å². The fourth-order valence-electron chi connectivity index (χ4n) is 2.22. The van der Waals surface area contributed by atoms with Crippen LogP contribution in [0.4, 0.5) is 26.3 Å². The number of halogens is 6. The molecule has 10 heteroatoms. The number of H-pyrrole nitrogens is 1. The first-order valence-corrected chi connectivity index (χ1v) is 8.07. The lowest BCUT2D eigenvalue weighted by Crippen LogP contribution is -2.06. The second-order valence-corrected chi connectivity index (χ2v) is 6.32. The summed E-state index contributed by atoms with van der Waals surface area (Å²) in [7, 11) is 0. The summed E-state index contributed by atoms with van der Waals surface area (Å²) in [5.41, 5.74) is -0.850. The van der Waals surface area contributed by atoms with Crippen molar-refractivity contribution in [3.05, 3.63) is 59.4 Å². The number of benzene rings is 2. The number of fused-ring (bicyclic) bond motifs is 1. The van der Waals surface area contributed by atoms with Gasteiger partial charge in [0.2, 0.25) is 0 Å². The molecule has 0 aliphatic rings. The normalized spacial score (nSPS) is 12.7. The number of nitrogens with one attached hydrogen (secondary N) is 2. The number of aromatic amines is 1. The van der Waals surface area contributed by atoms with E-state index in [1.807, 2.05) is 0 Å². The molecule has 138 valence electrons. The van der Waals surface area contributed by atoms with Gasteiger partial charge in [0.25, 0.3) is 0 Å². The Labute approximate surface area is 147 Å². The summed E-state index contributed by atoms with van der Waals surface area (Å²) in [5.74, 6) is 0.415. The first kappa shape index (κ1) is 18.6. The monoisotopic (exact) mass is 391 g/mol. The highest BCUT2D eigenvalue weighted by atomic mass is 32.2. The molecule has 0 saturated carbocycles. The first-order valence-electron chi connectivity index (χ1n) is 7.26. The molecule has 1 aromatic heterocycles. The minimum atomic E-state index is -4.43. The predicted molar refractivity (Wildman–Crippen MR) is 85.2 cm³/mol. The van der Waals surface area contributed by atoms with Crippen LogP contribution < -0.4 is 4.72 Å². The number of imidazole rings is 1. The van der Waals surface area contributed by atoms with Crippen LogP contribution in [0.15, 0.2) is 47.4 Å². The third kappa shape index (κ3) is 4.31. The number of alkyl halides is 6. The molecule has 0 atom stereocenters. The average Bonchev–Trinajstić information content (AvgIpc) is 2.95. The minimum absolute atomic E-state index is 0.196. The van der Waals surface area contributed by atoms with Crippen LogP contribution in [0, 0.1) is 0 Å². The lowest BCUT2D eigenvalue weighted by molar-refractivity contribution is -0.138. The Bertz CT molecular complexity index is 899. The molecule has 0 saturated heterocycles. The van der Waals surface area contributed by atoms with Gasteiger partial charge in [-0.15, -0.1) is 0 Å². The molecule has 0 bridgehead atoms. The van der Waals surface area contributed by atoms with Crippen LogP contribution in [0.25, 0.3) is 11.0 Å². The fraction of sp³-hybridized carbons (Fsp3) is 0.188. The van der Waals surface area contributed by atoms with Crippen molar-refractivity contribution in [2.45, 2.75) is 23.8 Å². The van der Waals surface area contributed by atoms with Crippen LogP contribution in [0.5, 0.6) is 0 Å². The zero-order valence-corrected chi connectivity index (χ0v) is 13.7. The molecule has 0 aliphatic carbocycles. The standard InChI is InChI=1S/C16H11F6N3S/c17-15(18,19)9-1-4-11(5-2-9)26-23-8-14-24-12-6-3-10(16(20,21)22)7-13(12)25-14/h1-7,23H,8H2,(H,24,25). The van der Waals surface area contributed by atoms with Crippen LogP contribution >= 0.6 is 11.9 Å². The van der Waals surface area contributed by atoms with Gasteiger partial charge in [0.1, 0.15) is 5.82 Å². The highest BCUT2D eigenvalue weighted by molar-refractivity contribution is 7.97. The summed E-state index contributed by atoms with van der Waals surface area (Å²) in [4.78, 5) is 7.52. The molecule has 3 aromatic rings. The van der Waals surface area contributed by atoms with Crippen molar-refractivity contribution in [1.29, 1.82) is 0 Å². The van der Waals surface area contributed by atoms with Crippen molar-refractivity contribution in [2.75, 3.05) is 0 Å². The molecule has 0 amide bonds. The molecule has 3 nitrogen and oxygen atoms in total. The van der Waals surface area contributed by atoms with Gasteiger partial charge in [-0.2, -0.15) is 26.3 Å². The number of hydrogen-bond acceptors (Lipinski definition) is 3. The second-order valence-electron chi connectivity index (χ2n) is 5.36. The lowest BCUT2D eigenvalue weighted by Gasteiger charge is -2.07. The Morgan fingerprint density at radius 1 is 0.885 bits per heavy atom. The van der Waals surface area contributed by atoms with Gasteiger partial charge in [-0.25, -0.2) is 4.98 Å². The molecule has 3 rings (SSSR count). The van der Waals surface area contributed by atoms with Gasteiger partial charge in [0.05, 0.1) is 28.7 Å². The quantitative estimate of drug-likeness (QED) is 0.462.